The largest absolute Gasteiger partial charge is 0.508 e. The third kappa shape index (κ3) is 11.3. The zero-order valence-electron chi connectivity index (χ0n) is 24.3. The first kappa shape index (κ1) is 34.1. The number of carbonyl (C=O) groups is 5. The number of amides is 3. The molecule has 0 aromatic heterocycles. The first-order valence-corrected chi connectivity index (χ1v) is 14.1. The predicted molar refractivity (Wildman–Crippen MR) is 162 cm³/mol. The minimum atomic E-state index is -1.39. The van der Waals surface area contributed by atoms with Crippen molar-refractivity contribution in [1.29, 1.82) is 0 Å². The fraction of sp³-hybridized carbons (Fsp3) is 0.281. The van der Waals surface area contributed by atoms with Gasteiger partial charge < -0.3 is 42.1 Å². The van der Waals surface area contributed by atoms with Crippen LogP contribution in [0.25, 0.3) is 0 Å². The zero-order valence-corrected chi connectivity index (χ0v) is 24.3. The van der Waals surface area contributed by atoms with E-state index in [4.69, 9.17) is 5.73 Å². The average molecular weight is 621 g/mol. The molecule has 238 valence electrons. The Balaban J connectivity index is 1.79. The van der Waals surface area contributed by atoms with Gasteiger partial charge in [0.15, 0.2) is 0 Å². The number of hydrogen-bond acceptors (Lipinski definition) is 8. The Labute approximate surface area is 259 Å². The predicted octanol–water partition coefficient (Wildman–Crippen LogP) is 0.857. The van der Waals surface area contributed by atoms with E-state index >= 15 is 0 Å². The molecule has 0 fully saturated rings. The van der Waals surface area contributed by atoms with E-state index < -0.39 is 60.2 Å². The highest BCUT2D eigenvalue weighted by atomic mass is 16.4. The number of aromatic hydroxyl groups is 2. The molecule has 3 rings (SSSR count). The summed E-state index contributed by atoms with van der Waals surface area (Å²) in [5.41, 5.74) is 7.85. The van der Waals surface area contributed by atoms with Crippen molar-refractivity contribution in [3.8, 4) is 11.5 Å². The van der Waals surface area contributed by atoms with Crippen LogP contribution >= 0.6 is 0 Å². The second-order valence-corrected chi connectivity index (χ2v) is 10.5. The number of nitrogens with two attached hydrogens (primary N) is 1. The number of hydrogen-bond donors (Lipinski definition) is 8. The summed E-state index contributed by atoms with van der Waals surface area (Å²) >= 11 is 0. The van der Waals surface area contributed by atoms with Crippen molar-refractivity contribution in [2.45, 2.75) is 56.3 Å². The minimum Gasteiger partial charge on any atom is -0.508 e. The second kappa shape index (κ2) is 16.4. The van der Waals surface area contributed by atoms with Gasteiger partial charge in [0.1, 0.15) is 29.6 Å². The van der Waals surface area contributed by atoms with Crippen LogP contribution in [-0.4, -0.2) is 74.3 Å². The van der Waals surface area contributed by atoms with Gasteiger partial charge in [0.05, 0.1) is 6.04 Å². The first-order valence-electron chi connectivity index (χ1n) is 14.1. The van der Waals surface area contributed by atoms with Crippen LogP contribution in [0, 0.1) is 0 Å². The molecule has 0 aliphatic heterocycles. The molecule has 0 aliphatic carbocycles. The van der Waals surface area contributed by atoms with Gasteiger partial charge in [-0.05, 0) is 53.8 Å². The van der Waals surface area contributed by atoms with E-state index in [2.05, 4.69) is 16.0 Å². The molecule has 0 saturated heterocycles. The van der Waals surface area contributed by atoms with Crippen LogP contribution in [0.3, 0.4) is 0 Å². The molecule has 45 heavy (non-hydrogen) atoms. The Kier molecular flexibility index (Phi) is 12.4. The quantitative estimate of drug-likeness (QED) is 0.113. The van der Waals surface area contributed by atoms with E-state index in [1.807, 2.05) is 0 Å². The van der Waals surface area contributed by atoms with Crippen LogP contribution in [-0.2, 0) is 43.2 Å². The Morgan fingerprint density at radius 3 is 1.56 bits per heavy atom. The third-order valence-corrected chi connectivity index (χ3v) is 6.91. The van der Waals surface area contributed by atoms with Gasteiger partial charge in [-0.15, -0.1) is 0 Å². The number of rotatable bonds is 16. The molecular weight excluding hydrogens is 584 g/mol. The number of nitrogens with one attached hydrogen (secondary N) is 3. The first-order chi connectivity index (χ1) is 21.4. The third-order valence-electron chi connectivity index (χ3n) is 6.91. The lowest BCUT2D eigenvalue weighted by atomic mass is 10.0. The summed E-state index contributed by atoms with van der Waals surface area (Å²) in [7, 11) is 0. The molecule has 0 radical (unpaired) electrons. The van der Waals surface area contributed by atoms with Crippen molar-refractivity contribution >= 4 is 29.7 Å². The van der Waals surface area contributed by atoms with E-state index in [0.717, 1.165) is 0 Å². The molecule has 4 atom stereocenters. The monoisotopic (exact) mass is 620 g/mol. The topological polar surface area (TPSA) is 228 Å². The Hall–Kier alpha value is -5.43. The van der Waals surface area contributed by atoms with E-state index in [1.165, 1.54) is 36.4 Å². The van der Waals surface area contributed by atoms with Gasteiger partial charge in [0, 0.05) is 19.3 Å². The van der Waals surface area contributed by atoms with E-state index in [1.54, 1.807) is 42.5 Å². The van der Waals surface area contributed by atoms with Gasteiger partial charge in [0.2, 0.25) is 17.7 Å². The molecule has 13 heteroatoms. The molecule has 3 amide bonds. The minimum absolute atomic E-state index is 0.0298. The lowest BCUT2D eigenvalue weighted by molar-refractivity contribution is -0.142. The van der Waals surface area contributed by atoms with Crippen LogP contribution in [0.4, 0.5) is 0 Å². The molecule has 0 saturated carbocycles. The fourth-order valence-electron chi connectivity index (χ4n) is 4.47. The Morgan fingerprint density at radius 2 is 1.02 bits per heavy atom. The lowest BCUT2D eigenvalue weighted by Crippen LogP contribution is -2.58. The van der Waals surface area contributed by atoms with Crippen molar-refractivity contribution in [2.75, 3.05) is 0 Å². The number of carboxylic acids is 2. The normalized spacial score (nSPS) is 13.4. The molecule has 13 nitrogen and oxygen atoms in total. The van der Waals surface area contributed by atoms with Crippen LogP contribution < -0.4 is 21.7 Å². The maximum absolute atomic E-state index is 13.5. The number of phenols is 2. The molecule has 0 heterocycles. The SMILES string of the molecule is NC(Cc1ccc(O)cc1)C(=O)NC(CCC(=O)O)C(=O)NC(Cc1ccc(O)cc1)C(=O)NC(Cc1ccccc1)C(=O)O. The maximum Gasteiger partial charge on any atom is 0.326 e. The van der Waals surface area contributed by atoms with Crippen molar-refractivity contribution in [3.63, 3.8) is 0 Å². The van der Waals surface area contributed by atoms with Gasteiger partial charge >= 0.3 is 11.9 Å². The van der Waals surface area contributed by atoms with E-state index in [9.17, 15) is 44.4 Å². The van der Waals surface area contributed by atoms with Crippen molar-refractivity contribution in [2.24, 2.45) is 5.73 Å². The van der Waals surface area contributed by atoms with Crippen LogP contribution in [0.1, 0.15) is 29.5 Å². The smallest absolute Gasteiger partial charge is 0.326 e. The Morgan fingerprint density at radius 1 is 0.578 bits per heavy atom. The van der Waals surface area contributed by atoms with Crippen molar-refractivity contribution < 1.29 is 44.4 Å². The number of benzene rings is 3. The van der Waals surface area contributed by atoms with Crippen LogP contribution in [0.2, 0.25) is 0 Å². The highest BCUT2D eigenvalue weighted by Crippen LogP contribution is 2.14. The molecular formula is C32H36N4O9. The van der Waals surface area contributed by atoms with Crippen LogP contribution in [0.15, 0.2) is 78.9 Å². The standard InChI is InChI=1S/C32H36N4O9/c33-24(16-20-6-10-22(37)11-7-20)29(41)34-25(14-15-28(39)40)30(42)35-26(17-21-8-12-23(38)13-9-21)31(43)36-27(32(44)45)18-19-4-2-1-3-5-19/h1-13,24-27,37-38H,14-18,33H2,(H,34,41)(H,35,42)(H,36,43)(H,39,40)(H,44,45). The zero-order chi connectivity index (χ0) is 32.9. The second-order valence-electron chi connectivity index (χ2n) is 10.5. The van der Waals surface area contributed by atoms with Crippen molar-refractivity contribution in [3.05, 3.63) is 95.6 Å². The summed E-state index contributed by atoms with van der Waals surface area (Å²) in [4.78, 5) is 63.2. The summed E-state index contributed by atoms with van der Waals surface area (Å²) in [5, 5.41) is 45.6. The summed E-state index contributed by atoms with van der Waals surface area (Å²) in [6.07, 6.45) is -0.895. The maximum atomic E-state index is 13.5. The molecule has 0 spiro atoms. The molecule has 0 aliphatic rings. The van der Waals surface area contributed by atoms with Gasteiger partial charge in [-0.3, -0.25) is 19.2 Å². The number of aliphatic carboxylic acids is 2. The Bertz CT molecular complexity index is 1460. The van der Waals surface area contributed by atoms with Crippen LogP contribution in [0.5, 0.6) is 11.5 Å². The highest BCUT2D eigenvalue weighted by molar-refractivity contribution is 5.94. The summed E-state index contributed by atoms with van der Waals surface area (Å²) in [6, 6.07) is 15.3. The molecule has 3 aromatic rings. The molecule has 3 aromatic carbocycles. The molecule has 9 N–H and O–H groups in total. The lowest BCUT2D eigenvalue weighted by Gasteiger charge is -2.25. The van der Waals surface area contributed by atoms with Gasteiger partial charge in [-0.2, -0.15) is 0 Å². The summed E-state index contributed by atoms with van der Waals surface area (Å²) in [5.74, 6) is -4.97. The fourth-order valence-corrected chi connectivity index (χ4v) is 4.47. The molecule has 4 unspecified atom stereocenters. The van der Waals surface area contributed by atoms with Gasteiger partial charge in [0.25, 0.3) is 0 Å². The molecule has 0 bridgehead atoms. The highest BCUT2D eigenvalue weighted by Gasteiger charge is 2.31. The van der Waals surface area contributed by atoms with Gasteiger partial charge in [-0.25, -0.2) is 4.79 Å². The van der Waals surface area contributed by atoms with E-state index in [-0.39, 0.29) is 37.2 Å². The van der Waals surface area contributed by atoms with Crippen molar-refractivity contribution in [1.82, 2.24) is 16.0 Å². The number of carbonyl (C=O) groups excluding carboxylic acids is 3. The average Bonchev–Trinajstić information content (AvgIpc) is 3.00. The summed E-state index contributed by atoms with van der Waals surface area (Å²) < 4.78 is 0. The summed E-state index contributed by atoms with van der Waals surface area (Å²) in [6.45, 7) is 0. The number of phenolic OH excluding ortho intramolecular Hbond substituents is 2. The van der Waals surface area contributed by atoms with Gasteiger partial charge in [-0.1, -0.05) is 54.6 Å². The van der Waals surface area contributed by atoms with E-state index in [0.29, 0.717) is 16.7 Å². The number of carboxylic acid groups (broad SMARTS) is 2.